The van der Waals surface area contributed by atoms with Gasteiger partial charge >= 0.3 is 12.1 Å². The van der Waals surface area contributed by atoms with Crippen molar-refractivity contribution in [2.75, 3.05) is 18.4 Å². The first-order valence-corrected chi connectivity index (χ1v) is 14.0. The van der Waals surface area contributed by atoms with Crippen LogP contribution in [0.1, 0.15) is 54.1 Å². The number of hydrogen-bond acceptors (Lipinski definition) is 4. The number of nitrogens with zero attached hydrogens (tertiary/aromatic N) is 2. The van der Waals surface area contributed by atoms with Gasteiger partial charge in [0.25, 0.3) is 0 Å². The van der Waals surface area contributed by atoms with Gasteiger partial charge in [-0.2, -0.15) is 18.3 Å². The van der Waals surface area contributed by atoms with Crippen molar-refractivity contribution in [1.29, 1.82) is 0 Å². The van der Waals surface area contributed by atoms with Crippen LogP contribution in [0.2, 0.25) is 0 Å². The summed E-state index contributed by atoms with van der Waals surface area (Å²) in [6, 6.07) is 16.7. The number of nitrogens with one attached hydrogen (secondary N) is 2. The Morgan fingerprint density at radius 3 is 2.36 bits per heavy atom. The maximum absolute atomic E-state index is 14.7. The van der Waals surface area contributed by atoms with E-state index in [1.165, 1.54) is 12.1 Å². The summed E-state index contributed by atoms with van der Waals surface area (Å²) in [6.45, 7) is 5.65. The van der Waals surface area contributed by atoms with E-state index in [2.05, 4.69) is 21.6 Å². The Kier molecular flexibility index (Phi) is 8.30. The second kappa shape index (κ2) is 11.8. The summed E-state index contributed by atoms with van der Waals surface area (Å²) < 4.78 is 61.1. The summed E-state index contributed by atoms with van der Waals surface area (Å²) in [5.41, 5.74) is 4.65. The smallest absolute Gasteiger partial charge is 0.475 e. The van der Waals surface area contributed by atoms with Crippen LogP contribution in [0.15, 0.2) is 54.6 Å². The molecule has 1 spiro atoms. The molecule has 3 N–H and O–H groups in total. The Labute approximate surface area is 249 Å². The van der Waals surface area contributed by atoms with E-state index in [1.807, 2.05) is 55.1 Å². The molecule has 1 fully saturated rings. The summed E-state index contributed by atoms with van der Waals surface area (Å²) in [5, 5.41) is 18.5. The van der Waals surface area contributed by atoms with E-state index in [0.29, 0.717) is 11.3 Å². The van der Waals surface area contributed by atoms with Crippen molar-refractivity contribution in [1.82, 2.24) is 15.1 Å². The highest BCUT2D eigenvalue weighted by Gasteiger charge is 2.65. The fourth-order valence-electron chi connectivity index (χ4n) is 5.67. The summed E-state index contributed by atoms with van der Waals surface area (Å²) in [6.07, 6.45) is -0.869. The zero-order chi connectivity index (χ0) is 31.8. The van der Waals surface area contributed by atoms with E-state index in [-0.39, 0.29) is 23.9 Å². The molecule has 0 saturated heterocycles. The van der Waals surface area contributed by atoms with Gasteiger partial charge in [0, 0.05) is 29.1 Å². The SMILES string of the molecule is CCN(CC)Cc1c(F)cc(/C=C/c2n[nH]c3cc([C@@H]4C[C@@]45C(=O)Nc4ccccc45)ccc23)cc1F.O=C(O)C(F)(F)F. The topological polar surface area (TPSA) is 98.3 Å². The number of aliphatic carboxylic acids is 1. The number of para-hydroxylation sites is 1. The molecule has 1 aromatic heterocycles. The number of fused-ring (bicyclic) bond motifs is 3. The van der Waals surface area contributed by atoms with Gasteiger partial charge in [0.1, 0.15) is 11.6 Å². The molecule has 3 aromatic carbocycles. The van der Waals surface area contributed by atoms with Gasteiger partial charge in [-0.15, -0.1) is 0 Å². The van der Waals surface area contributed by atoms with Crippen molar-refractivity contribution in [3.63, 3.8) is 0 Å². The molecule has 12 heteroatoms. The fourth-order valence-corrected chi connectivity index (χ4v) is 5.67. The molecule has 1 aliphatic heterocycles. The molecule has 0 bridgehead atoms. The van der Waals surface area contributed by atoms with Crippen molar-refractivity contribution in [3.8, 4) is 0 Å². The van der Waals surface area contributed by atoms with Crippen LogP contribution >= 0.6 is 0 Å². The average molecular weight is 613 g/mol. The van der Waals surface area contributed by atoms with Crippen LogP contribution in [0.4, 0.5) is 27.6 Å². The largest absolute Gasteiger partial charge is 0.490 e. The zero-order valence-electron chi connectivity index (χ0n) is 23.8. The zero-order valence-corrected chi connectivity index (χ0v) is 23.8. The lowest BCUT2D eigenvalue weighted by molar-refractivity contribution is -0.192. The number of halogens is 5. The molecule has 4 aromatic rings. The Balaban J connectivity index is 0.000000493. The normalized spacial score (nSPS) is 18.9. The predicted octanol–water partition coefficient (Wildman–Crippen LogP) is 6.86. The number of hydrogen-bond donors (Lipinski definition) is 3. The third kappa shape index (κ3) is 5.81. The van der Waals surface area contributed by atoms with Crippen molar-refractivity contribution in [3.05, 3.63) is 94.2 Å². The van der Waals surface area contributed by atoms with Crippen LogP contribution in [0.25, 0.3) is 23.1 Å². The molecule has 1 saturated carbocycles. The predicted molar refractivity (Wildman–Crippen MR) is 156 cm³/mol. The Hall–Kier alpha value is -4.58. The van der Waals surface area contributed by atoms with Gasteiger partial charge in [0.2, 0.25) is 5.91 Å². The molecule has 230 valence electrons. The van der Waals surface area contributed by atoms with Crippen molar-refractivity contribution in [2.24, 2.45) is 0 Å². The molecule has 2 atom stereocenters. The third-order valence-electron chi connectivity index (χ3n) is 8.16. The van der Waals surface area contributed by atoms with Crippen LogP contribution in [0.5, 0.6) is 0 Å². The number of alkyl halides is 3. The molecular formula is C32H29F5N4O3. The summed E-state index contributed by atoms with van der Waals surface area (Å²) in [5.74, 6) is -3.66. The summed E-state index contributed by atoms with van der Waals surface area (Å²) >= 11 is 0. The van der Waals surface area contributed by atoms with Gasteiger partial charge < -0.3 is 10.4 Å². The highest BCUT2D eigenvalue weighted by molar-refractivity contribution is 6.09. The van der Waals surface area contributed by atoms with Gasteiger partial charge in [0.15, 0.2) is 0 Å². The van der Waals surface area contributed by atoms with E-state index in [9.17, 15) is 26.7 Å². The quantitative estimate of drug-likeness (QED) is 0.198. The fraction of sp³-hybridized carbons (Fsp3) is 0.281. The number of carbonyl (C=O) groups is 2. The molecule has 1 aliphatic carbocycles. The van der Waals surface area contributed by atoms with Gasteiger partial charge in [-0.3, -0.25) is 14.8 Å². The first-order valence-electron chi connectivity index (χ1n) is 14.0. The minimum atomic E-state index is -5.08. The van der Waals surface area contributed by atoms with E-state index in [1.54, 1.807) is 12.2 Å². The van der Waals surface area contributed by atoms with Crippen LogP contribution in [0, 0.1) is 11.6 Å². The second-order valence-corrected chi connectivity index (χ2v) is 10.7. The Morgan fingerprint density at radius 1 is 1.07 bits per heavy atom. The number of aromatic nitrogens is 2. The van der Waals surface area contributed by atoms with Crippen molar-refractivity contribution in [2.45, 2.75) is 44.3 Å². The Bertz CT molecular complexity index is 1740. The maximum atomic E-state index is 14.7. The number of anilines is 1. The van der Waals surface area contributed by atoms with Gasteiger partial charge in [0.05, 0.1) is 16.6 Å². The molecular weight excluding hydrogens is 583 g/mol. The molecule has 0 radical (unpaired) electrons. The number of rotatable bonds is 7. The Morgan fingerprint density at radius 2 is 1.73 bits per heavy atom. The minimum absolute atomic E-state index is 0.0645. The number of benzene rings is 3. The average Bonchev–Trinajstić information content (AvgIpc) is 3.51. The van der Waals surface area contributed by atoms with Gasteiger partial charge in [-0.1, -0.05) is 50.3 Å². The lowest BCUT2D eigenvalue weighted by atomic mass is 9.92. The lowest BCUT2D eigenvalue weighted by Crippen LogP contribution is -2.23. The van der Waals surface area contributed by atoms with E-state index < -0.39 is 29.2 Å². The van der Waals surface area contributed by atoms with Crippen molar-refractivity contribution < 1.29 is 36.6 Å². The first-order chi connectivity index (χ1) is 20.9. The molecule has 44 heavy (non-hydrogen) atoms. The molecule has 1 amide bonds. The number of amides is 1. The molecule has 0 unspecified atom stereocenters. The first kappa shape index (κ1) is 30.9. The third-order valence-corrected chi connectivity index (χ3v) is 8.16. The van der Waals surface area contributed by atoms with Crippen molar-refractivity contribution >= 4 is 40.6 Å². The van der Waals surface area contributed by atoms with Crippen LogP contribution < -0.4 is 5.32 Å². The van der Waals surface area contributed by atoms with Crippen LogP contribution in [-0.2, 0) is 21.5 Å². The standard InChI is InChI=1S/C30H28F2N4O.C2HF3O2/c1-3-36(4-2)17-21-24(31)13-18(14-25(21)32)9-12-26-20-11-10-19(15-28(20)35-34-26)23-16-30(23)22-7-5-6-8-27(22)33-29(30)37;3-2(4,5)1(6)7/h5-15,23H,3-4,16-17H2,1-2H3,(H,33,37)(H,34,35);(H,6,7)/b12-9+;/t23-,30-;/m0./s1. The number of carbonyl (C=O) groups excluding carboxylic acids is 1. The van der Waals surface area contributed by atoms with Crippen LogP contribution in [-0.4, -0.2) is 51.3 Å². The molecule has 6 rings (SSSR count). The highest BCUT2D eigenvalue weighted by atomic mass is 19.4. The number of carboxylic acids is 1. The lowest BCUT2D eigenvalue weighted by Gasteiger charge is -2.19. The maximum Gasteiger partial charge on any atom is 0.490 e. The highest BCUT2D eigenvalue weighted by Crippen LogP contribution is 2.65. The number of H-pyrrole nitrogens is 1. The molecule has 2 aliphatic rings. The summed E-state index contributed by atoms with van der Waals surface area (Å²) in [7, 11) is 0. The van der Waals surface area contributed by atoms with Gasteiger partial charge in [-0.05, 0) is 66.5 Å². The number of carboxylic acid groups (broad SMARTS) is 1. The van der Waals surface area contributed by atoms with Crippen LogP contribution in [0.3, 0.4) is 0 Å². The van der Waals surface area contributed by atoms with E-state index >= 15 is 0 Å². The van der Waals surface area contributed by atoms with Gasteiger partial charge in [-0.25, -0.2) is 13.6 Å². The second-order valence-electron chi connectivity index (χ2n) is 10.7. The molecule has 2 heterocycles. The molecule has 7 nitrogen and oxygen atoms in total. The minimum Gasteiger partial charge on any atom is -0.475 e. The monoisotopic (exact) mass is 612 g/mol. The summed E-state index contributed by atoms with van der Waals surface area (Å²) in [4.78, 5) is 23.7. The number of aromatic amines is 1. The van der Waals surface area contributed by atoms with E-state index in [0.717, 1.165) is 47.2 Å². The van der Waals surface area contributed by atoms with E-state index in [4.69, 9.17) is 9.90 Å².